The maximum atomic E-state index is 10.6. The molecule has 1 spiro atoms. The Morgan fingerprint density at radius 1 is 1.19 bits per heavy atom. The summed E-state index contributed by atoms with van der Waals surface area (Å²) in [5.41, 5.74) is 5.40. The zero-order chi connectivity index (χ0) is 25.8. The van der Waals surface area contributed by atoms with E-state index in [1.807, 2.05) is 30.3 Å². The van der Waals surface area contributed by atoms with Crippen LogP contribution in [0.3, 0.4) is 0 Å². The summed E-state index contributed by atoms with van der Waals surface area (Å²) in [5, 5.41) is 12.1. The summed E-state index contributed by atoms with van der Waals surface area (Å²) >= 11 is 0. The van der Waals surface area contributed by atoms with Gasteiger partial charge in [0.2, 0.25) is 0 Å². The molecule has 0 amide bonds. The fraction of sp³-hybridized carbons (Fsp3) is 0.423. The normalized spacial score (nSPS) is 19.7. The number of benzene rings is 2. The largest absolute Gasteiger partial charge is 0.492 e. The highest BCUT2D eigenvalue weighted by Gasteiger charge is 2.46. The number of para-hydroxylation sites is 1. The highest BCUT2D eigenvalue weighted by molar-refractivity contribution is 5.86. The quantitative estimate of drug-likeness (QED) is 0.468. The fourth-order valence-corrected chi connectivity index (χ4v) is 5.11. The summed E-state index contributed by atoms with van der Waals surface area (Å²) in [6.07, 6.45) is -2.89. The van der Waals surface area contributed by atoms with Crippen LogP contribution < -0.4 is 10.1 Å². The Morgan fingerprint density at radius 3 is 2.58 bits per heavy atom. The second-order valence-corrected chi connectivity index (χ2v) is 8.95. The molecule has 1 saturated heterocycles. The Bertz CT molecular complexity index is 1170. The smallest absolute Gasteiger partial charge is 0.490 e. The van der Waals surface area contributed by atoms with Crippen LogP contribution in [0.4, 0.5) is 13.2 Å². The predicted octanol–water partition coefficient (Wildman–Crippen LogP) is 4.07. The number of aliphatic carboxylic acids is 1. The van der Waals surface area contributed by atoms with E-state index < -0.39 is 12.1 Å². The molecule has 1 fully saturated rings. The van der Waals surface area contributed by atoms with Gasteiger partial charge in [0.1, 0.15) is 12.4 Å². The Hall–Kier alpha value is -3.08. The molecule has 1 atom stereocenters. The highest BCUT2D eigenvalue weighted by atomic mass is 19.4. The Morgan fingerprint density at radius 2 is 1.94 bits per heavy atom. The minimum absolute atomic E-state index is 0.0358. The molecule has 5 rings (SSSR count). The van der Waals surface area contributed by atoms with E-state index >= 15 is 0 Å². The average molecular weight is 506 g/mol. The minimum atomic E-state index is -5.08. The number of carbonyl (C=O) groups is 1. The van der Waals surface area contributed by atoms with Gasteiger partial charge in [-0.2, -0.15) is 13.2 Å². The van der Waals surface area contributed by atoms with E-state index in [0.29, 0.717) is 13.2 Å². The maximum Gasteiger partial charge on any atom is 0.490 e. The molecule has 10 heteroatoms. The standard InChI is InChI=1S/C24H29N3O2.C2HF3O2/c1-28-16-18-7-8-22-21(15-18)20-9-12-27(13-14-29-19-5-3-2-4-6-19)24(23(20)26-22)10-11-25-17-24;3-2(4,5)1(6)7/h2-8,15,25-26H,9-14,16-17H2,1H3;(H,6,7). The van der Waals surface area contributed by atoms with Crippen molar-refractivity contribution in [3.05, 3.63) is 65.4 Å². The van der Waals surface area contributed by atoms with Gasteiger partial charge in [-0.1, -0.05) is 24.3 Å². The van der Waals surface area contributed by atoms with E-state index in [4.69, 9.17) is 19.4 Å². The number of alkyl halides is 3. The van der Waals surface area contributed by atoms with Gasteiger partial charge >= 0.3 is 12.1 Å². The van der Waals surface area contributed by atoms with Gasteiger partial charge in [-0.15, -0.1) is 0 Å². The minimum Gasteiger partial charge on any atom is -0.492 e. The van der Waals surface area contributed by atoms with Crippen LogP contribution in [0.1, 0.15) is 23.2 Å². The van der Waals surface area contributed by atoms with Crippen LogP contribution in [0.5, 0.6) is 5.75 Å². The second kappa shape index (κ2) is 10.9. The summed E-state index contributed by atoms with van der Waals surface area (Å²) < 4.78 is 43.1. The van der Waals surface area contributed by atoms with Crippen LogP contribution in [-0.2, 0) is 28.1 Å². The molecule has 3 aromatic rings. The number of nitrogens with zero attached hydrogens (tertiary/aromatic N) is 1. The number of H-pyrrole nitrogens is 1. The van der Waals surface area contributed by atoms with Crippen LogP contribution in [0.25, 0.3) is 10.9 Å². The Kier molecular flexibility index (Phi) is 7.87. The lowest BCUT2D eigenvalue weighted by molar-refractivity contribution is -0.192. The van der Waals surface area contributed by atoms with E-state index in [2.05, 4.69) is 33.4 Å². The van der Waals surface area contributed by atoms with Crippen molar-refractivity contribution in [3.63, 3.8) is 0 Å². The number of ether oxygens (including phenoxy) is 2. The number of methoxy groups -OCH3 is 1. The number of carboxylic acid groups (broad SMARTS) is 1. The van der Waals surface area contributed by atoms with Crippen molar-refractivity contribution in [2.45, 2.75) is 31.2 Å². The van der Waals surface area contributed by atoms with Crippen LogP contribution in [0.15, 0.2) is 48.5 Å². The summed E-state index contributed by atoms with van der Waals surface area (Å²) in [6, 6.07) is 16.8. The van der Waals surface area contributed by atoms with Crippen molar-refractivity contribution in [1.82, 2.24) is 15.2 Å². The van der Waals surface area contributed by atoms with Crippen molar-refractivity contribution in [1.29, 1.82) is 0 Å². The molecule has 0 radical (unpaired) electrons. The zero-order valence-corrected chi connectivity index (χ0v) is 20.0. The SMILES string of the molecule is COCc1ccc2[nH]c3c(c2c1)CCN(CCOc1ccccc1)C31CCNC1.O=C(O)C(F)(F)F. The fourth-order valence-electron chi connectivity index (χ4n) is 5.11. The van der Waals surface area contributed by atoms with Crippen molar-refractivity contribution in [2.24, 2.45) is 0 Å². The lowest BCUT2D eigenvalue weighted by Gasteiger charge is -2.44. The lowest BCUT2D eigenvalue weighted by atomic mass is 9.84. The molecule has 194 valence electrons. The van der Waals surface area contributed by atoms with E-state index in [1.54, 1.807) is 7.11 Å². The molecule has 0 aliphatic carbocycles. The molecule has 3 N–H and O–H groups in total. The van der Waals surface area contributed by atoms with Crippen LogP contribution in [-0.4, -0.2) is 67.0 Å². The maximum absolute atomic E-state index is 10.6. The van der Waals surface area contributed by atoms with Gasteiger partial charge in [0.05, 0.1) is 12.1 Å². The van der Waals surface area contributed by atoms with Gasteiger partial charge in [0, 0.05) is 43.3 Å². The first-order valence-electron chi connectivity index (χ1n) is 11.8. The topological polar surface area (TPSA) is 86.8 Å². The van der Waals surface area contributed by atoms with Gasteiger partial charge in [0.25, 0.3) is 0 Å². The summed E-state index contributed by atoms with van der Waals surface area (Å²) in [4.78, 5) is 15.3. The molecule has 1 aromatic heterocycles. The van der Waals surface area contributed by atoms with Crippen LogP contribution in [0.2, 0.25) is 0 Å². The number of hydrogen-bond acceptors (Lipinski definition) is 5. The Balaban J connectivity index is 0.000000384. The van der Waals surface area contributed by atoms with E-state index in [9.17, 15) is 13.2 Å². The molecule has 0 saturated carbocycles. The molecule has 2 aliphatic rings. The van der Waals surface area contributed by atoms with Crippen LogP contribution >= 0.6 is 0 Å². The molecular formula is C26H30F3N3O4. The molecule has 1 unspecified atom stereocenters. The third kappa shape index (κ3) is 5.50. The molecule has 2 aromatic carbocycles. The van der Waals surface area contributed by atoms with E-state index in [1.165, 1.54) is 27.7 Å². The molecule has 36 heavy (non-hydrogen) atoms. The highest BCUT2D eigenvalue weighted by Crippen LogP contribution is 2.42. The third-order valence-electron chi connectivity index (χ3n) is 6.73. The summed E-state index contributed by atoms with van der Waals surface area (Å²) in [7, 11) is 1.76. The van der Waals surface area contributed by atoms with Crippen molar-refractivity contribution in [3.8, 4) is 5.75 Å². The van der Waals surface area contributed by atoms with Gasteiger partial charge in [-0.3, -0.25) is 4.90 Å². The van der Waals surface area contributed by atoms with Gasteiger partial charge in [0.15, 0.2) is 0 Å². The number of rotatable bonds is 6. The molecule has 0 bridgehead atoms. The first-order valence-corrected chi connectivity index (χ1v) is 11.8. The van der Waals surface area contributed by atoms with Gasteiger partial charge in [-0.05, 0) is 54.8 Å². The number of nitrogens with one attached hydrogen (secondary N) is 2. The monoisotopic (exact) mass is 505 g/mol. The second-order valence-electron chi connectivity index (χ2n) is 8.95. The first kappa shape index (κ1) is 26.0. The number of halogens is 3. The Labute approximate surface area is 207 Å². The van der Waals surface area contributed by atoms with Crippen molar-refractivity contribution in [2.75, 3.05) is 39.9 Å². The van der Waals surface area contributed by atoms with E-state index in [0.717, 1.165) is 44.8 Å². The lowest BCUT2D eigenvalue weighted by Crippen LogP contribution is -2.53. The van der Waals surface area contributed by atoms with Gasteiger partial charge < -0.3 is 24.9 Å². The van der Waals surface area contributed by atoms with Crippen molar-refractivity contribution >= 4 is 16.9 Å². The summed E-state index contributed by atoms with van der Waals surface area (Å²) in [6.45, 7) is 5.41. The number of aromatic nitrogens is 1. The number of aromatic amines is 1. The predicted molar refractivity (Wildman–Crippen MR) is 129 cm³/mol. The van der Waals surface area contributed by atoms with Gasteiger partial charge in [-0.25, -0.2) is 4.79 Å². The first-order chi connectivity index (χ1) is 17.2. The van der Waals surface area contributed by atoms with E-state index in [-0.39, 0.29) is 5.54 Å². The number of fused-ring (bicyclic) bond motifs is 4. The third-order valence-corrected chi connectivity index (χ3v) is 6.73. The zero-order valence-electron chi connectivity index (χ0n) is 20.0. The molecular weight excluding hydrogens is 475 g/mol. The van der Waals surface area contributed by atoms with Crippen LogP contribution in [0, 0.1) is 0 Å². The number of hydrogen-bond donors (Lipinski definition) is 3. The summed E-state index contributed by atoms with van der Waals surface area (Å²) in [5.74, 6) is -1.81. The average Bonchev–Trinajstić information content (AvgIpc) is 3.48. The molecule has 2 aliphatic heterocycles. The molecule has 7 nitrogen and oxygen atoms in total. The van der Waals surface area contributed by atoms with Crippen molar-refractivity contribution < 1.29 is 32.5 Å². The number of carboxylic acids is 1. The molecule has 3 heterocycles.